The number of rotatable bonds is 19. The van der Waals surface area contributed by atoms with E-state index in [-0.39, 0.29) is 0 Å². The summed E-state index contributed by atoms with van der Waals surface area (Å²) in [5, 5.41) is 143. The van der Waals surface area contributed by atoms with Gasteiger partial charge in [0.25, 0.3) is 0 Å². The average Bonchev–Trinajstić information content (AvgIpc) is 3.36. The Labute approximate surface area is 424 Å². The minimum absolute atomic E-state index is 0.621. The van der Waals surface area contributed by atoms with E-state index in [4.69, 9.17) is 67.3 Å². The molecule has 6 saturated heterocycles. The molecule has 0 aromatic rings. The fourth-order valence-corrected chi connectivity index (χ4v) is 9.71. The first-order chi connectivity index (χ1) is 34.9. The number of hydrogen-bond acceptors (Lipinski definition) is 29. The van der Waals surface area contributed by atoms with Gasteiger partial charge in [-0.3, -0.25) is 14.9 Å². The molecule has 0 spiro atoms. The van der Waals surface area contributed by atoms with Crippen LogP contribution in [-0.4, -0.2) is 290 Å². The van der Waals surface area contributed by atoms with Crippen LogP contribution in [0.25, 0.3) is 0 Å². The number of aliphatic hydroxyl groups is 13. The molecule has 74 heavy (non-hydrogen) atoms. The van der Waals surface area contributed by atoms with Crippen LogP contribution >= 0.6 is 0 Å². The van der Waals surface area contributed by atoms with Gasteiger partial charge in [-0.25, -0.2) is 0 Å². The highest BCUT2D eigenvalue weighted by atomic mass is 16.8. The topological polar surface area (TPSA) is 455 Å². The Morgan fingerprint density at radius 2 is 1.00 bits per heavy atom. The predicted molar refractivity (Wildman–Crippen MR) is 237 cm³/mol. The normalized spacial score (nSPS) is 49.7. The summed E-state index contributed by atoms with van der Waals surface area (Å²) >= 11 is 0. The number of esters is 1. The van der Waals surface area contributed by atoms with Gasteiger partial charge in [-0.05, 0) is 20.8 Å². The number of hydrogen-bond donors (Lipinski definition) is 15. The molecule has 0 aromatic carbocycles. The minimum atomic E-state index is -2.16. The first-order valence-corrected chi connectivity index (χ1v) is 24.4. The van der Waals surface area contributed by atoms with Crippen LogP contribution in [0.4, 0.5) is 0 Å². The molecule has 6 aliphatic heterocycles. The summed E-state index contributed by atoms with van der Waals surface area (Å²) in [5.74, 6) is -3.21. The molecule has 0 bridgehead atoms. The summed E-state index contributed by atoms with van der Waals surface area (Å²) in [7, 11) is 1.19. The van der Waals surface area contributed by atoms with Crippen molar-refractivity contribution < 1.29 is 138 Å². The lowest BCUT2D eigenvalue weighted by atomic mass is 9.89. The van der Waals surface area contributed by atoms with Gasteiger partial charge in [0, 0.05) is 25.9 Å². The zero-order chi connectivity index (χ0) is 54.8. The van der Waals surface area contributed by atoms with Gasteiger partial charge in [-0.15, -0.1) is 0 Å². The van der Waals surface area contributed by atoms with Crippen molar-refractivity contribution in [2.24, 2.45) is 17.6 Å². The van der Waals surface area contributed by atoms with E-state index < -0.39 is 228 Å². The Morgan fingerprint density at radius 1 is 0.500 bits per heavy atom. The van der Waals surface area contributed by atoms with Crippen molar-refractivity contribution in [2.45, 2.75) is 220 Å². The monoisotopic (exact) mass is 1080 g/mol. The molecule has 430 valence electrons. The number of ether oxygens (including phenoxy) is 13. The van der Waals surface area contributed by atoms with E-state index in [1.54, 1.807) is 20.8 Å². The zero-order valence-electron chi connectivity index (χ0n) is 41.7. The van der Waals surface area contributed by atoms with Gasteiger partial charge in [0.15, 0.2) is 43.8 Å². The van der Waals surface area contributed by atoms with Gasteiger partial charge in [0.2, 0.25) is 5.91 Å². The standard InChI is InChI=1S/C44H76N2O28/c1-12-15(4)64-44(37(66-17(6)50)33(12)71-39-13(2)23(51)24(52)16(5)65-39)74-36-27(55)21(11-63-41-30(58)28(56)25(53)18(8-47)67-41)70-43(32(36)60)73-35-22(46-14(3)38(45)61)40(62-7)69-20(10-49)34(35)72-42-31(59)29(57)26(54)19(9-48)68-42/h12-16,18-37,39-44,46-49,51-60H,8-11H2,1-7H3,(H2,45,61)/t12-,13?,14?,15?,16?,18?,19?,20?,21?,22?,23+,24+,25+,26+,27+,28-,29-,30?,31?,32?,33-,34-,35+,36-,37?,39-,40-,41-,42+,43-,44-/m0/s1. The van der Waals surface area contributed by atoms with Gasteiger partial charge in [0.1, 0.15) is 104 Å². The molecule has 0 radical (unpaired) electrons. The molecule has 6 fully saturated rings. The van der Waals surface area contributed by atoms with Crippen molar-refractivity contribution in [3.63, 3.8) is 0 Å². The number of amides is 1. The molecule has 30 heteroatoms. The van der Waals surface area contributed by atoms with Crippen molar-refractivity contribution in [3.05, 3.63) is 0 Å². The maximum Gasteiger partial charge on any atom is 0.303 e. The summed E-state index contributed by atoms with van der Waals surface area (Å²) in [6, 6.07) is -2.66. The fourth-order valence-electron chi connectivity index (χ4n) is 9.71. The molecule has 13 unspecified atom stereocenters. The highest BCUT2D eigenvalue weighted by Gasteiger charge is 2.58. The third kappa shape index (κ3) is 13.1. The fraction of sp³-hybridized carbons (Fsp3) is 0.955. The first-order valence-electron chi connectivity index (χ1n) is 24.4. The predicted octanol–water partition coefficient (Wildman–Crippen LogP) is -8.80. The summed E-state index contributed by atoms with van der Waals surface area (Å²) < 4.78 is 78.1. The smallest absolute Gasteiger partial charge is 0.303 e. The molecule has 30 nitrogen and oxygen atoms in total. The van der Waals surface area contributed by atoms with Crippen LogP contribution in [0.2, 0.25) is 0 Å². The summed E-state index contributed by atoms with van der Waals surface area (Å²) in [4.78, 5) is 25.4. The Bertz CT molecular complexity index is 1780. The summed E-state index contributed by atoms with van der Waals surface area (Å²) in [6.07, 6.45) is -44.3. The Morgan fingerprint density at radius 3 is 1.57 bits per heavy atom. The van der Waals surface area contributed by atoms with Crippen molar-refractivity contribution in [3.8, 4) is 0 Å². The zero-order valence-corrected chi connectivity index (χ0v) is 41.7. The maximum atomic E-state index is 12.8. The molecule has 6 heterocycles. The van der Waals surface area contributed by atoms with Crippen LogP contribution in [-0.2, 0) is 71.2 Å². The largest absolute Gasteiger partial charge is 0.454 e. The second-order valence-corrected chi connectivity index (χ2v) is 19.6. The van der Waals surface area contributed by atoms with E-state index in [0.717, 1.165) is 6.92 Å². The van der Waals surface area contributed by atoms with Crippen LogP contribution in [0.1, 0.15) is 41.5 Å². The third-order valence-corrected chi connectivity index (χ3v) is 14.5. The van der Waals surface area contributed by atoms with Crippen molar-refractivity contribution >= 4 is 11.9 Å². The van der Waals surface area contributed by atoms with Gasteiger partial charge in [-0.1, -0.05) is 13.8 Å². The lowest BCUT2D eigenvalue weighted by Gasteiger charge is -2.51. The highest BCUT2D eigenvalue weighted by molar-refractivity contribution is 5.79. The average molecular weight is 1080 g/mol. The molecular weight excluding hydrogens is 1000 g/mol. The molecule has 0 aromatic heterocycles. The van der Waals surface area contributed by atoms with Crippen LogP contribution in [0.15, 0.2) is 0 Å². The number of carbonyl (C=O) groups is 2. The van der Waals surface area contributed by atoms with Gasteiger partial charge >= 0.3 is 5.97 Å². The molecule has 16 N–H and O–H groups in total. The number of primary amides is 1. The van der Waals surface area contributed by atoms with Crippen LogP contribution < -0.4 is 11.1 Å². The summed E-state index contributed by atoms with van der Waals surface area (Å²) in [5.41, 5.74) is 5.63. The Kier molecular flexibility index (Phi) is 21.7. The molecule has 0 aliphatic carbocycles. The van der Waals surface area contributed by atoms with Crippen LogP contribution in [0.5, 0.6) is 0 Å². The minimum Gasteiger partial charge on any atom is -0.454 e. The van der Waals surface area contributed by atoms with Crippen molar-refractivity contribution in [1.29, 1.82) is 0 Å². The SMILES string of the molecule is CO[C@H]1OC(CO)[C@H](O[C@H]2OC(CO)[C@@H](O)[C@H](O)C2O)[C@H](O[C@@H]2OC(CO[C@H]3OC(CO)[C@@H](O)[C@H](O)C3O)[C@@H](O)[C@H](O[C@@H]3OC(C)[C@H](C)[C@H](O[C@@H]4OC(C)[C@@H](O)[C@H](O)C4C)C3OC(C)=O)C2O)C1NC(C)C(N)=O. The van der Waals surface area contributed by atoms with E-state index in [1.165, 1.54) is 21.0 Å². The Hall–Kier alpha value is -2.10. The number of carbonyl (C=O) groups excluding carboxylic acids is 2. The quantitative estimate of drug-likeness (QED) is 0.0534. The molecule has 6 rings (SSSR count). The van der Waals surface area contributed by atoms with Crippen molar-refractivity contribution in [1.82, 2.24) is 5.32 Å². The van der Waals surface area contributed by atoms with Crippen LogP contribution in [0.3, 0.4) is 0 Å². The molecular formula is C44H76N2O28. The number of nitrogens with two attached hydrogens (primary N) is 1. The van der Waals surface area contributed by atoms with Gasteiger partial charge < -0.3 is 134 Å². The highest BCUT2D eigenvalue weighted by Crippen LogP contribution is 2.39. The number of methoxy groups -OCH3 is 1. The van der Waals surface area contributed by atoms with Gasteiger partial charge in [-0.2, -0.15) is 0 Å². The van der Waals surface area contributed by atoms with E-state index in [0.29, 0.717) is 0 Å². The first kappa shape index (κ1) is 61.1. The van der Waals surface area contributed by atoms with E-state index in [9.17, 15) is 76.0 Å². The van der Waals surface area contributed by atoms with Gasteiger partial charge in [0.05, 0.1) is 56.8 Å². The second kappa shape index (κ2) is 26.2. The number of aliphatic hydroxyl groups excluding tert-OH is 13. The maximum absolute atomic E-state index is 12.8. The molecule has 0 saturated carbocycles. The second-order valence-electron chi connectivity index (χ2n) is 19.6. The van der Waals surface area contributed by atoms with E-state index >= 15 is 0 Å². The molecule has 1 amide bonds. The molecule has 6 aliphatic rings. The lowest BCUT2D eigenvalue weighted by molar-refractivity contribution is -0.391. The van der Waals surface area contributed by atoms with Crippen LogP contribution in [0, 0.1) is 11.8 Å². The summed E-state index contributed by atoms with van der Waals surface area (Å²) in [6.45, 7) is 5.43. The third-order valence-electron chi connectivity index (χ3n) is 14.5. The number of nitrogens with one attached hydrogen (secondary N) is 1. The van der Waals surface area contributed by atoms with Crippen molar-refractivity contribution in [2.75, 3.05) is 33.5 Å². The van der Waals surface area contributed by atoms with E-state index in [2.05, 4.69) is 5.32 Å². The van der Waals surface area contributed by atoms with E-state index in [1.807, 2.05) is 0 Å². The Balaban J connectivity index is 1.39. The lowest BCUT2D eigenvalue weighted by Crippen LogP contribution is -2.71. The molecule has 31 atom stereocenters.